The van der Waals surface area contributed by atoms with Gasteiger partial charge in [0, 0.05) is 29.1 Å². The number of hydrogen-bond acceptors (Lipinski definition) is 5. The number of anilines is 1. The molecule has 1 fully saturated rings. The lowest BCUT2D eigenvalue weighted by molar-refractivity contribution is -0.120. The predicted molar refractivity (Wildman–Crippen MR) is 133 cm³/mol. The molecule has 0 aliphatic carbocycles. The van der Waals surface area contributed by atoms with Crippen molar-refractivity contribution in [3.05, 3.63) is 83.6 Å². The van der Waals surface area contributed by atoms with E-state index in [4.69, 9.17) is 14.2 Å². The number of carbonyl (C=O) groups is 2. The molecule has 180 valence electrons. The number of H-pyrrole nitrogens is 1. The van der Waals surface area contributed by atoms with Crippen LogP contribution in [0, 0.1) is 0 Å². The van der Waals surface area contributed by atoms with Crippen molar-refractivity contribution in [1.29, 1.82) is 0 Å². The Labute approximate surface area is 207 Å². The number of nitrogens with zero attached hydrogens (tertiary/aromatic N) is 2. The van der Waals surface area contributed by atoms with Gasteiger partial charge < -0.3 is 19.2 Å². The Morgan fingerprint density at radius 2 is 1.72 bits per heavy atom. The largest absolute Gasteiger partial charge is 0.497 e. The van der Waals surface area contributed by atoms with Crippen LogP contribution in [0.4, 0.5) is 10.5 Å². The van der Waals surface area contributed by atoms with E-state index in [-0.39, 0.29) is 11.9 Å². The number of para-hydroxylation sites is 1. The number of carbonyl (C=O) groups excluding carboxylic acids is 2. The van der Waals surface area contributed by atoms with Crippen LogP contribution in [0.3, 0.4) is 0 Å². The third-order valence-electron chi connectivity index (χ3n) is 7.26. The van der Waals surface area contributed by atoms with Gasteiger partial charge in [0.05, 0.1) is 12.8 Å². The number of nitrogens with one attached hydrogen (secondary N) is 1. The van der Waals surface area contributed by atoms with Crippen LogP contribution in [0.5, 0.6) is 17.2 Å². The molecule has 1 saturated heterocycles. The minimum Gasteiger partial charge on any atom is -0.497 e. The molecule has 0 spiro atoms. The Bertz CT molecular complexity index is 1530. The van der Waals surface area contributed by atoms with Crippen LogP contribution in [0.2, 0.25) is 0 Å². The van der Waals surface area contributed by atoms with Crippen molar-refractivity contribution in [3.63, 3.8) is 0 Å². The molecular weight excluding hydrogens is 458 g/mol. The first-order valence-corrected chi connectivity index (χ1v) is 11.9. The van der Waals surface area contributed by atoms with Crippen LogP contribution in [0.15, 0.2) is 66.7 Å². The van der Waals surface area contributed by atoms with Gasteiger partial charge in [0.15, 0.2) is 11.5 Å². The molecular formula is C28H23N3O5. The minimum absolute atomic E-state index is 0.244. The van der Waals surface area contributed by atoms with E-state index < -0.39 is 12.1 Å². The third kappa shape index (κ3) is 2.94. The van der Waals surface area contributed by atoms with Crippen LogP contribution in [0.1, 0.15) is 22.9 Å². The SMILES string of the molecule is COc1ccc(C2c3[nH]c4ccccc4c3C[C@H]3C(=O)N(c4ccc5c(c4)OCCO5)C(=O)N23)cc1. The van der Waals surface area contributed by atoms with E-state index in [1.807, 2.05) is 42.5 Å². The predicted octanol–water partition coefficient (Wildman–Crippen LogP) is 4.43. The topological polar surface area (TPSA) is 84.1 Å². The van der Waals surface area contributed by atoms with E-state index in [2.05, 4.69) is 11.1 Å². The molecule has 3 aromatic carbocycles. The maximum atomic E-state index is 14.0. The van der Waals surface area contributed by atoms with Crippen LogP contribution in [-0.4, -0.2) is 48.2 Å². The van der Waals surface area contributed by atoms with E-state index in [1.54, 1.807) is 30.2 Å². The third-order valence-corrected chi connectivity index (χ3v) is 7.26. The first kappa shape index (κ1) is 20.9. The molecule has 1 unspecified atom stereocenters. The molecule has 4 heterocycles. The lowest BCUT2D eigenvalue weighted by atomic mass is 9.89. The van der Waals surface area contributed by atoms with Gasteiger partial charge >= 0.3 is 6.03 Å². The van der Waals surface area contributed by atoms with E-state index >= 15 is 0 Å². The van der Waals surface area contributed by atoms with Crippen molar-refractivity contribution in [3.8, 4) is 17.2 Å². The molecule has 3 aliphatic rings. The second-order valence-electron chi connectivity index (χ2n) is 9.15. The number of amides is 3. The van der Waals surface area contributed by atoms with Gasteiger partial charge in [-0.3, -0.25) is 9.69 Å². The number of fused-ring (bicyclic) bond motifs is 5. The van der Waals surface area contributed by atoms with E-state index in [1.165, 1.54) is 4.90 Å². The zero-order valence-corrected chi connectivity index (χ0v) is 19.6. The lowest BCUT2D eigenvalue weighted by Gasteiger charge is -2.36. The van der Waals surface area contributed by atoms with Crippen LogP contribution in [0.25, 0.3) is 10.9 Å². The summed E-state index contributed by atoms with van der Waals surface area (Å²) in [5.41, 5.74) is 4.37. The fourth-order valence-corrected chi connectivity index (χ4v) is 5.62. The average molecular weight is 482 g/mol. The summed E-state index contributed by atoms with van der Waals surface area (Å²) in [6.45, 7) is 0.896. The molecule has 36 heavy (non-hydrogen) atoms. The maximum Gasteiger partial charge on any atom is 0.332 e. The zero-order chi connectivity index (χ0) is 24.4. The summed E-state index contributed by atoms with van der Waals surface area (Å²) in [5, 5.41) is 1.07. The van der Waals surface area contributed by atoms with Gasteiger partial charge in [-0.15, -0.1) is 0 Å². The Balaban J connectivity index is 1.37. The lowest BCUT2D eigenvalue weighted by Crippen LogP contribution is -2.44. The summed E-state index contributed by atoms with van der Waals surface area (Å²) >= 11 is 0. The number of hydrogen-bond donors (Lipinski definition) is 1. The standard InChI is InChI=1S/C28H23N3O5/c1-34-18-9-6-16(7-10-18)26-25-20(19-4-2-3-5-21(19)29-25)15-22-27(32)30(28(33)31(22)26)17-8-11-23-24(14-17)36-13-12-35-23/h2-11,14,22,26,29H,12-13,15H2,1H3/t22-,26?/m0/s1. The van der Waals surface area contributed by atoms with Crippen molar-refractivity contribution in [1.82, 2.24) is 9.88 Å². The highest BCUT2D eigenvalue weighted by Crippen LogP contribution is 2.46. The van der Waals surface area contributed by atoms with Gasteiger partial charge in [-0.1, -0.05) is 30.3 Å². The highest BCUT2D eigenvalue weighted by atomic mass is 16.6. The van der Waals surface area contributed by atoms with Gasteiger partial charge in [-0.2, -0.15) is 0 Å². The number of rotatable bonds is 3. The number of benzene rings is 3. The smallest absolute Gasteiger partial charge is 0.332 e. The highest BCUT2D eigenvalue weighted by Gasteiger charge is 2.53. The summed E-state index contributed by atoms with van der Waals surface area (Å²) in [5.74, 6) is 1.63. The monoisotopic (exact) mass is 481 g/mol. The molecule has 1 aromatic heterocycles. The fraction of sp³-hybridized carbons (Fsp3) is 0.214. The minimum atomic E-state index is -0.621. The van der Waals surface area contributed by atoms with Crippen molar-refractivity contribution >= 4 is 28.5 Å². The van der Waals surface area contributed by atoms with Crippen molar-refractivity contribution in [2.75, 3.05) is 25.2 Å². The van der Waals surface area contributed by atoms with E-state index in [0.717, 1.165) is 33.5 Å². The first-order valence-electron chi connectivity index (χ1n) is 11.9. The summed E-state index contributed by atoms with van der Waals surface area (Å²) in [7, 11) is 1.62. The molecule has 1 N–H and O–H groups in total. The van der Waals surface area contributed by atoms with Crippen molar-refractivity contribution < 1.29 is 23.8 Å². The maximum absolute atomic E-state index is 14.0. The molecule has 0 bridgehead atoms. The summed E-state index contributed by atoms with van der Waals surface area (Å²) in [6, 6.07) is 19.5. The van der Waals surface area contributed by atoms with Gasteiger partial charge in [0.2, 0.25) is 0 Å². The van der Waals surface area contributed by atoms with Crippen LogP contribution >= 0.6 is 0 Å². The molecule has 3 amide bonds. The number of methoxy groups -OCH3 is 1. The summed E-state index contributed by atoms with van der Waals surface area (Å²) in [6.07, 6.45) is 0.442. The van der Waals surface area contributed by atoms with Crippen LogP contribution in [-0.2, 0) is 11.2 Å². The summed E-state index contributed by atoms with van der Waals surface area (Å²) in [4.78, 5) is 34.3. The van der Waals surface area contributed by atoms with E-state index in [9.17, 15) is 9.59 Å². The molecule has 3 aliphatic heterocycles. The van der Waals surface area contributed by atoms with E-state index in [0.29, 0.717) is 36.8 Å². The van der Waals surface area contributed by atoms with Crippen molar-refractivity contribution in [2.24, 2.45) is 0 Å². The average Bonchev–Trinajstić information content (AvgIpc) is 3.41. The second-order valence-corrected chi connectivity index (χ2v) is 9.15. The Morgan fingerprint density at radius 1 is 0.944 bits per heavy atom. The Hall–Kier alpha value is -4.46. The highest BCUT2D eigenvalue weighted by molar-refractivity contribution is 6.22. The van der Waals surface area contributed by atoms with Crippen LogP contribution < -0.4 is 19.1 Å². The van der Waals surface area contributed by atoms with Gasteiger partial charge in [0.1, 0.15) is 31.0 Å². The van der Waals surface area contributed by atoms with Gasteiger partial charge in [-0.25, -0.2) is 9.69 Å². The molecule has 0 saturated carbocycles. The van der Waals surface area contributed by atoms with Gasteiger partial charge in [0.25, 0.3) is 5.91 Å². The number of aromatic nitrogens is 1. The Kier molecular flexibility index (Phi) is 4.51. The molecule has 4 aromatic rings. The Morgan fingerprint density at radius 3 is 2.53 bits per heavy atom. The molecule has 8 heteroatoms. The molecule has 8 nitrogen and oxygen atoms in total. The summed E-state index contributed by atoms with van der Waals surface area (Å²) < 4.78 is 16.7. The van der Waals surface area contributed by atoms with Gasteiger partial charge in [-0.05, 0) is 41.5 Å². The zero-order valence-electron chi connectivity index (χ0n) is 19.6. The quantitative estimate of drug-likeness (QED) is 0.438. The number of ether oxygens (including phenoxy) is 3. The molecule has 7 rings (SSSR count). The van der Waals surface area contributed by atoms with Crippen molar-refractivity contribution in [2.45, 2.75) is 18.5 Å². The number of aromatic amines is 1. The number of urea groups is 1. The second kappa shape index (κ2) is 7.78. The normalized spacial score (nSPS) is 20.5. The molecule has 2 atom stereocenters. The fourth-order valence-electron chi connectivity index (χ4n) is 5.62. The first-order chi connectivity index (χ1) is 17.6. The number of imide groups is 1. The molecule has 0 radical (unpaired) electrons.